The van der Waals surface area contributed by atoms with Gasteiger partial charge in [-0.3, -0.25) is 4.79 Å². The second kappa shape index (κ2) is 7.25. The molecule has 108 valence electrons. The number of nitrogens with one attached hydrogen (secondary N) is 1. The molecule has 0 aromatic heterocycles. The highest BCUT2D eigenvalue weighted by molar-refractivity contribution is 5.98. The van der Waals surface area contributed by atoms with E-state index in [4.69, 9.17) is 0 Å². The maximum Gasteiger partial charge on any atom is 0.337 e. The topological polar surface area (TPSA) is 102 Å². The molecule has 20 heavy (non-hydrogen) atoms. The Bertz CT molecular complexity index is 487. The Labute approximate surface area is 115 Å². The molecule has 0 saturated carbocycles. The van der Waals surface area contributed by atoms with Gasteiger partial charge in [-0.05, 0) is 12.1 Å². The number of aliphatic hydroxyl groups is 1. The molecule has 2 N–H and O–H groups in total. The summed E-state index contributed by atoms with van der Waals surface area (Å²) < 4.78 is 8.77. The number of hydrogen-bond donors (Lipinski definition) is 2. The van der Waals surface area contributed by atoms with Crippen molar-refractivity contribution in [2.45, 2.75) is 12.1 Å². The van der Waals surface area contributed by atoms with Crippen LogP contribution in [-0.2, 0) is 19.1 Å². The maximum atomic E-state index is 11.9. The van der Waals surface area contributed by atoms with Gasteiger partial charge in [0.15, 0.2) is 12.1 Å². The van der Waals surface area contributed by atoms with Gasteiger partial charge in [0.2, 0.25) is 0 Å². The number of aliphatic hydroxyl groups excluding tert-OH is 1. The first-order valence-electron chi connectivity index (χ1n) is 5.71. The molecule has 1 rings (SSSR count). The molecule has 2 atom stereocenters. The normalized spacial score (nSPS) is 12.9. The van der Waals surface area contributed by atoms with Gasteiger partial charge in [0.05, 0.1) is 14.2 Å². The molecule has 0 radical (unpaired) electrons. The summed E-state index contributed by atoms with van der Waals surface area (Å²) >= 11 is 0. The SMILES string of the molecule is COC(=O)[C@@H](O)[C@H](NC(=O)c1ccccc1)C(=O)OC. The van der Waals surface area contributed by atoms with E-state index in [9.17, 15) is 19.5 Å². The predicted octanol–water partition coefficient (Wildman–Crippen LogP) is -0.508. The minimum Gasteiger partial charge on any atom is -0.467 e. The lowest BCUT2D eigenvalue weighted by Gasteiger charge is -2.20. The van der Waals surface area contributed by atoms with Crippen molar-refractivity contribution in [3.63, 3.8) is 0 Å². The van der Waals surface area contributed by atoms with E-state index in [2.05, 4.69) is 14.8 Å². The summed E-state index contributed by atoms with van der Waals surface area (Å²) in [5, 5.41) is 11.9. The van der Waals surface area contributed by atoms with Crippen molar-refractivity contribution in [1.29, 1.82) is 0 Å². The Balaban J connectivity index is 2.88. The van der Waals surface area contributed by atoms with Crippen LogP contribution < -0.4 is 5.32 Å². The number of benzene rings is 1. The van der Waals surface area contributed by atoms with Gasteiger partial charge < -0.3 is 19.9 Å². The predicted molar refractivity (Wildman–Crippen MR) is 67.7 cm³/mol. The quantitative estimate of drug-likeness (QED) is 0.705. The van der Waals surface area contributed by atoms with E-state index in [1.54, 1.807) is 18.2 Å². The van der Waals surface area contributed by atoms with Gasteiger partial charge in [-0.25, -0.2) is 9.59 Å². The van der Waals surface area contributed by atoms with Gasteiger partial charge in [0, 0.05) is 5.56 Å². The van der Waals surface area contributed by atoms with Crippen LogP contribution in [0.25, 0.3) is 0 Å². The lowest BCUT2D eigenvalue weighted by molar-refractivity contribution is -0.159. The fourth-order valence-electron chi connectivity index (χ4n) is 1.46. The monoisotopic (exact) mass is 281 g/mol. The first kappa shape index (κ1) is 15.6. The number of carbonyl (C=O) groups is 3. The van der Waals surface area contributed by atoms with Crippen molar-refractivity contribution < 1.29 is 29.0 Å². The van der Waals surface area contributed by atoms with Crippen molar-refractivity contribution >= 4 is 17.8 Å². The Hall–Kier alpha value is -2.41. The number of rotatable bonds is 5. The molecule has 0 saturated heterocycles. The Morgan fingerprint density at radius 3 is 2.10 bits per heavy atom. The highest BCUT2D eigenvalue weighted by atomic mass is 16.5. The van der Waals surface area contributed by atoms with Crippen molar-refractivity contribution in [1.82, 2.24) is 5.32 Å². The lowest BCUT2D eigenvalue weighted by Crippen LogP contribution is -2.52. The van der Waals surface area contributed by atoms with Crippen LogP contribution in [0.15, 0.2) is 30.3 Å². The van der Waals surface area contributed by atoms with E-state index in [1.807, 2.05) is 0 Å². The molecule has 0 aliphatic carbocycles. The first-order valence-corrected chi connectivity index (χ1v) is 5.71. The van der Waals surface area contributed by atoms with Crippen molar-refractivity contribution in [3.8, 4) is 0 Å². The van der Waals surface area contributed by atoms with Crippen LogP contribution in [-0.4, -0.2) is 49.3 Å². The standard InChI is InChI=1S/C13H15NO6/c1-19-12(17)9(10(15)13(18)20-2)14-11(16)8-6-4-3-5-7-8/h3-7,9-10,15H,1-2H3,(H,14,16)/t9-,10-/m0/s1. The van der Waals surface area contributed by atoms with Crippen LogP contribution in [0.4, 0.5) is 0 Å². The largest absolute Gasteiger partial charge is 0.467 e. The van der Waals surface area contributed by atoms with Crippen LogP contribution in [0.2, 0.25) is 0 Å². The molecule has 0 aliphatic rings. The Morgan fingerprint density at radius 1 is 1.05 bits per heavy atom. The minimum atomic E-state index is -1.85. The molecule has 0 heterocycles. The number of esters is 2. The molecule has 0 spiro atoms. The van der Waals surface area contributed by atoms with Gasteiger partial charge in [0.25, 0.3) is 5.91 Å². The Morgan fingerprint density at radius 2 is 1.60 bits per heavy atom. The van der Waals surface area contributed by atoms with Gasteiger partial charge in [-0.2, -0.15) is 0 Å². The molecule has 0 aliphatic heterocycles. The zero-order valence-electron chi connectivity index (χ0n) is 11.0. The highest BCUT2D eigenvalue weighted by Gasteiger charge is 2.35. The number of hydrogen-bond acceptors (Lipinski definition) is 6. The van der Waals surface area contributed by atoms with E-state index < -0.39 is 30.0 Å². The third-order valence-electron chi connectivity index (χ3n) is 2.54. The second-order valence-electron chi connectivity index (χ2n) is 3.81. The van der Waals surface area contributed by atoms with E-state index in [-0.39, 0.29) is 5.56 Å². The van der Waals surface area contributed by atoms with Crippen LogP contribution in [0.1, 0.15) is 10.4 Å². The van der Waals surface area contributed by atoms with Crippen molar-refractivity contribution in [2.75, 3.05) is 14.2 Å². The van der Waals surface area contributed by atoms with Crippen LogP contribution in [0.5, 0.6) is 0 Å². The summed E-state index contributed by atoms with van der Waals surface area (Å²) in [6.07, 6.45) is -1.85. The summed E-state index contributed by atoms with van der Waals surface area (Å²) in [5.74, 6) is -2.62. The summed E-state index contributed by atoms with van der Waals surface area (Å²) in [5.41, 5.74) is 0.276. The third-order valence-corrected chi connectivity index (χ3v) is 2.54. The van der Waals surface area contributed by atoms with Gasteiger partial charge in [0.1, 0.15) is 0 Å². The summed E-state index contributed by atoms with van der Waals surface area (Å²) in [4.78, 5) is 34.7. The summed E-state index contributed by atoms with van der Waals surface area (Å²) in [6.45, 7) is 0. The van der Waals surface area contributed by atoms with Gasteiger partial charge in [-0.1, -0.05) is 18.2 Å². The zero-order chi connectivity index (χ0) is 15.1. The first-order chi connectivity index (χ1) is 9.51. The Kier molecular flexibility index (Phi) is 5.67. The lowest BCUT2D eigenvalue weighted by atomic mass is 10.1. The van der Waals surface area contributed by atoms with E-state index in [0.717, 1.165) is 14.2 Å². The fourth-order valence-corrected chi connectivity index (χ4v) is 1.46. The molecule has 0 unspecified atom stereocenters. The van der Waals surface area contributed by atoms with Gasteiger partial charge in [-0.15, -0.1) is 0 Å². The van der Waals surface area contributed by atoms with E-state index >= 15 is 0 Å². The second-order valence-corrected chi connectivity index (χ2v) is 3.81. The van der Waals surface area contributed by atoms with Crippen molar-refractivity contribution in [2.24, 2.45) is 0 Å². The summed E-state index contributed by atoms with van der Waals surface area (Å²) in [7, 11) is 2.13. The molecule has 1 aromatic carbocycles. The number of ether oxygens (including phenoxy) is 2. The molecule has 1 amide bonds. The number of methoxy groups -OCH3 is 2. The smallest absolute Gasteiger partial charge is 0.337 e. The molecule has 7 nitrogen and oxygen atoms in total. The molecular formula is C13H15NO6. The average Bonchev–Trinajstić information content (AvgIpc) is 2.50. The molecule has 7 heteroatoms. The van der Waals surface area contributed by atoms with E-state index in [1.165, 1.54) is 12.1 Å². The fraction of sp³-hybridized carbons (Fsp3) is 0.308. The van der Waals surface area contributed by atoms with Crippen LogP contribution >= 0.6 is 0 Å². The average molecular weight is 281 g/mol. The molecule has 0 fully saturated rings. The highest BCUT2D eigenvalue weighted by Crippen LogP contribution is 2.03. The molecule has 0 bridgehead atoms. The minimum absolute atomic E-state index is 0.276. The third kappa shape index (κ3) is 3.79. The van der Waals surface area contributed by atoms with Gasteiger partial charge >= 0.3 is 11.9 Å². The number of carbonyl (C=O) groups excluding carboxylic acids is 3. The van der Waals surface area contributed by atoms with E-state index in [0.29, 0.717) is 0 Å². The molecular weight excluding hydrogens is 266 g/mol. The van der Waals surface area contributed by atoms with Crippen molar-refractivity contribution in [3.05, 3.63) is 35.9 Å². The number of amides is 1. The zero-order valence-corrected chi connectivity index (χ0v) is 11.0. The molecule has 1 aromatic rings. The summed E-state index contributed by atoms with van der Waals surface area (Å²) in [6, 6.07) is 6.50. The van der Waals surface area contributed by atoms with Crippen LogP contribution in [0.3, 0.4) is 0 Å². The van der Waals surface area contributed by atoms with Crippen LogP contribution in [0, 0.1) is 0 Å². The maximum absolute atomic E-state index is 11.9.